The molecule has 1 aliphatic rings. The van der Waals surface area contributed by atoms with Crippen molar-refractivity contribution in [3.63, 3.8) is 0 Å². The molecular weight excluding hydrogens is 458 g/mol. The Morgan fingerprint density at radius 2 is 2.00 bits per heavy atom. The van der Waals surface area contributed by atoms with Crippen molar-refractivity contribution in [1.82, 2.24) is 14.5 Å². The van der Waals surface area contributed by atoms with Crippen LogP contribution < -0.4 is 5.56 Å². The van der Waals surface area contributed by atoms with E-state index in [9.17, 15) is 18.0 Å². The van der Waals surface area contributed by atoms with Gasteiger partial charge in [0.1, 0.15) is 0 Å². The van der Waals surface area contributed by atoms with Gasteiger partial charge in [0.05, 0.1) is 33.8 Å². The summed E-state index contributed by atoms with van der Waals surface area (Å²) < 4.78 is 25.0. The molecule has 4 rings (SSSR count). The van der Waals surface area contributed by atoms with Crippen LogP contribution in [-0.2, 0) is 14.6 Å². The van der Waals surface area contributed by atoms with E-state index in [0.29, 0.717) is 33.2 Å². The first-order chi connectivity index (χ1) is 14.7. The number of nitrogens with zero attached hydrogens (tertiary/aromatic N) is 3. The van der Waals surface area contributed by atoms with Crippen LogP contribution in [0.2, 0.25) is 5.02 Å². The summed E-state index contributed by atoms with van der Waals surface area (Å²) in [4.78, 5) is 32.1. The Kier molecular flexibility index (Phi) is 6.09. The fourth-order valence-corrected chi connectivity index (χ4v) is 6.43. The first-order valence-corrected chi connectivity index (χ1v) is 12.8. The summed E-state index contributed by atoms with van der Waals surface area (Å²) in [6.45, 7) is 0. The summed E-state index contributed by atoms with van der Waals surface area (Å²) in [5, 5.41) is 1.26. The monoisotopic (exact) mass is 477 g/mol. The van der Waals surface area contributed by atoms with Crippen molar-refractivity contribution < 1.29 is 13.2 Å². The number of fused-ring (bicyclic) bond motifs is 1. The molecule has 1 saturated heterocycles. The van der Waals surface area contributed by atoms with E-state index in [-0.39, 0.29) is 34.8 Å². The molecule has 1 atom stereocenters. The van der Waals surface area contributed by atoms with Crippen LogP contribution in [0.1, 0.15) is 6.42 Å². The Morgan fingerprint density at radius 1 is 1.26 bits per heavy atom. The van der Waals surface area contributed by atoms with Crippen LogP contribution >= 0.6 is 23.4 Å². The van der Waals surface area contributed by atoms with E-state index in [4.69, 9.17) is 11.6 Å². The summed E-state index contributed by atoms with van der Waals surface area (Å²) in [6, 6.07) is 13.7. The van der Waals surface area contributed by atoms with E-state index in [1.807, 2.05) is 18.2 Å². The fraction of sp³-hybridized carbons (Fsp3) is 0.286. The van der Waals surface area contributed by atoms with E-state index >= 15 is 0 Å². The highest BCUT2D eigenvalue weighted by Crippen LogP contribution is 2.24. The SMILES string of the molecule is CN(C(=O)CSc1nc2cc(Cl)ccc2c(=O)n1-c1ccccc1)C1CCS(=O)(=O)C1. The Bertz CT molecular complexity index is 1310. The van der Waals surface area contributed by atoms with Crippen LogP contribution in [0.4, 0.5) is 0 Å². The van der Waals surface area contributed by atoms with Gasteiger partial charge in [-0.1, -0.05) is 41.6 Å². The zero-order valence-corrected chi connectivity index (χ0v) is 19.1. The molecule has 0 aliphatic carbocycles. The van der Waals surface area contributed by atoms with E-state index < -0.39 is 9.84 Å². The molecule has 1 aliphatic heterocycles. The van der Waals surface area contributed by atoms with Gasteiger partial charge in [-0.3, -0.25) is 14.2 Å². The molecule has 3 aromatic rings. The summed E-state index contributed by atoms with van der Waals surface area (Å²) in [5.74, 6) is -0.102. The van der Waals surface area contributed by atoms with Gasteiger partial charge >= 0.3 is 0 Å². The van der Waals surface area contributed by atoms with Crippen LogP contribution in [0.5, 0.6) is 0 Å². The van der Waals surface area contributed by atoms with Crippen LogP contribution in [-0.4, -0.2) is 59.1 Å². The lowest BCUT2D eigenvalue weighted by molar-refractivity contribution is -0.128. The van der Waals surface area contributed by atoms with Gasteiger partial charge < -0.3 is 4.90 Å². The second-order valence-corrected chi connectivity index (χ2v) is 11.0. The highest BCUT2D eigenvalue weighted by molar-refractivity contribution is 7.99. The van der Waals surface area contributed by atoms with Crippen LogP contribution in [0.15, 0.2) is 58.5 Å². The Labute approximate surface area is 189 Å². The Balaban J connectivity index is 1.66. The topological polar surface area (TPSA) is 89.3 Å². The highest BCUT2D eigenvalue weighted by atomic mass is 35.5. The van der Waals surface area contributed by atoms with Gasteiger partial charge in [-0.05, 0) is 36.8 Å². The molecule has 2 heterocycles. The number of benzene rings is 2. The molecule has 0 radical (unpaired) electrons. The molecule has 31 heavy (non-hydrogen) atoms. The second kappa shape index (κ2) is 8.64. The summed E-state index contributed by atoms with van der Waals surface area (Å²) in [6.07, 6.45) is 0.441. The number of aromatic nitrogens is 2. The van der Waals surface area contributed by atoms with E-state index in [1.165, 1.54) is 9.47 Å². The number of amides is 1. The number of carbonyl (C=O) groups excluding carboxylic acids is 1. The third kappa shape index (κ3) is 4.63. The zero-order chi connectivity index (χ0) is 22.2. The van der Waals surface area contributed by atoms with Crippen molar-refractivity contribution in [2.75, 3.05) is 24.3 Å². The highest BCUT2D eigenvalue weighted by Gasteiger charge is 2.32. The predicted octanol–water partition coefficient (Wildman–Crippen LogP) is 2.78. The molecule has 0 spiro atoms. The predicted molar refractivity (Wildman–Crippen MR) is 123 cm³/mol. The molecule has 7 nitrogen and oxygen atoms in total. The van der Waals surface area contributed by atoms with Crippen molar-refractivity contribution in [2.45, 2.75) is 17.6 Å². The molecule has 0 saturated carbocycles. The standard InChI is InChI=1S/C21H20ClN3O4S2/c1-24(16-9-10-31(28,29)13-16)19(26)12-30-21-23-18-11-14(22)7-8-17(18)20(27)25(21)15-5-3-2-4-6-15/h2-8,11,16H,9-10,12-13H2,1H3. The average molecular weight is 478 g/mol. The molecule has 1 fully saturated rings. The molecule has 1 aromatic heterocycles. The van der Waals surface area contributed by atoms with E-state index in [2.05, 4.69) is 4.98 Å². The third-order valence-corrected chi connectivity index (χ3v) is 8.20. The summed E-state index contributed by atoms with van der Waals surface area (Å²) in [5.41, 5.74) is 0.843. The first kappa shape index (κ1) is 21.9. The molecule has 2 aromatic carbocycles. The minimum Gasteiger partial charge on any atom is -0.341 e. The average Bonchev–Trinajstić information content (AvgIpc) is 3.11. The van der Waals surface area contributed by atoms with Crippen molar-refractivity contribution in [1.29, 1.82) is 0 Å². The lowest BCUT2D eigenvalue weighted by Gasteiger charge is -2.23. The maximum absolute atomic E-state index is 13.2. The number of hydrogen-bond donors (Lipinski definition) is 0. The van der Waals surface area contributed by atoms with Gasteiger partial charge in [-0.15, -0.1) is 0 Å². The van der Waals surface area contributed by atoms with Crippen molar-refractivity contribution in [2.24, 2.45) is 0 Å². The maximum atomic E-state index is 13.2. The fourth-order valence-electron chi connectivity index (χ4n) is 3.55. The minimum absolute atomic E-state index is 0.0125. The van der Waals surface area contributed by atoms with Gasteiger partial charge in [0.15, 0.2) is 15.0 Å². The second-order valence-electron chi connectivity index (χ2n) is 7.38. The van der Waals surface area contributed by atoms with Crippen molar-refractivity contribution in [3.8, 4) is 5.69 Å². The van der Waals surface area contributed by atoms with E-state index in [0.717, 1.165) is 11.8 Å². The number of thioether (sulfide) groups is 1. The maximum Gasteiger partial charge on any atom is 0.266 e. The number of sulfone groups is 1. The number of para-hydroxylation sites is 1. The van der Waals surface area contributed by atoms with Crippen molar-refractivity contribution >= 4 is 50.0 Å². The quantitative estimate of drug-likeness (QED) is 0.414. The number of hydrogen-bond acceptors (Lipinski definition) is 6. The molecule has 0 N–H and O–H groups in total. The van der Waals surface area contributed by atoms with Gasteiger partial charge in [0.2, 0.25) is 5.91 Å². The number of rotatable bonds is 5. The van der Waals surface area contributed by atoms with Gasteiger partial charge in [0.25, 0.3) is 5.56 Å². The van der Waals surface area contributed by atoms with Gasteiger partial charge in [0, 0.05) is 18.1 Å². The largest absolute Gasteiger partial charge is 0.341 e. The summed E-state index contributed by atoms with van der Waals surface area (Å²) >= 11 is 7.22. The third-order valence-electron chi connectivity index (χ3n) is 5.29. The number of halogens is 1. The normalized spacial score (nSPS) is 17.7. The van der Waals surface area contributed by atoms with Gasteiger partial charge in [-0.25, -0.2) is 13.4 Å². The molecular formula is C21H20ClN3O4S2. The minimum atomic E-state index is -3.09. The van der Waals surface area contributed by atoms with E-state index in [1.54, 1.807) is 37.4 Å². The van der Waals surface area contributed by atoms with Crippen LogP contribution in [0.3, 0.4) is 0 Å². The van der Waals surface area contributed by atoms with Gasteiger partial charge in [-0.2, -0.15) is 0 Å². The Morgan fingerprint density at radius 3 is 2.68 bits per heavy atom. The zero-order valence-electron chi connectivity index (χ0n) is 16.7. The molecule has 1 amide bonds. The molecule has 1 unspecified atom stereocenters. The van der Waals surface area contributed by atoms with Crippen LogP contribution in [0.25, 0.3) is 16.6 Å². The van der Waals surface area contributed by atoms with Crippen LogP contribution in [0, 0.1) is 0 Å². The molecule has 0 bridgehead atoms. The smallest absolute Gasteiger partial charge is 0.266 e. The Hall–Kier alpha value is -2.36. The lowest BCUT2D eigenvalue weighted by Crippen LogP contribution is -2.39. The summed E-state index contributed by atoms with van der Waals surface area (Å²) in [7, 11) is -1.47. The van der Waals surface area contributed by atoms with Crippen molar-refractivity contribution in [3.05, 3.63) is 63.9 Å². The first-order valence-electron chi connectivity index (χ1n) is 9.62. The lowest BCUT2D eigenvalue weighted by atomic mass is 10.2. The molecule has 10 heteroatoms. The number of carbonyl (C=O) groups is 1. The molecule has 162 valence electrons.